The van der Waals surface area contributed by atoms with Crippen LogP contribution in [0.5, 0.6) is 11.5 Å². The minimum Gasteiger partial charge on any atom is -0.508 e. The maximum Gasteiger partial charge on any atom is 0.262 e. The monoisotopic (exact) mass is 259 g/mol. The van der Waals surface area contributed by atoms with Gasteiger partial charge in [-0.3, -0.25) is 4.79 Å². The van der Waals surface area contributed by atoms with Crippen LogP contribution in [-0.4, -0.2) is 36.1 Å². The molecule has 2 aromatic carbocycles. The second-order valence-corrected chi connectivity index (χ2v) is 4.69. The van der Waals surface area contributed by atoms with Gasteiger partial charge in [0.15, 0.2) is 6.10 Å². The van der Waals surface area contributed by atoms with Crippen molar-refractivity contribution in [1.29, 1.82) is 0 Å². The van der Waals surface area contributed by atoms with Crippen LogP contribution >= 0.6 is 0 Å². The zero-order chi connectivity index (χ0) is 14.0. The van der Waals surface area contributed by atoms with E-state index >= 15 is 0 Å². The van der Waals surface area contributed by atoms with Gasteiger partial charge in [-0.25, -0.2) is 0 Å². The van der Waals surface area contributed by atoms with E-state index in [2.05, 4.69) is 0 Å². The molecule has 4 heteroatoms. The minimum absolute atomic E-state index is 0.0870. The molecule has 19 heavy (non-hydrogen) atoms. The number of rotatable bonds is 3. The molecule has 0 radical (unpaired) electrons. The predicted octanol–water partition coefficient (Wildman–Crippen LogP) is 2.40. The predicted molar refractivity (Wildman–Crippen MR) is 74.4 cm³/mol. The van der Waals surface area contributed by atoms with E-state index < -0.39 is 6.10 Å². The van der Waals surface area contributed by atoms with Crippen molar-refractivity contribution in [1.82, 2.24) is 4.90 Å². The number of hydrogen-bond acceptors (Lipinski definition) is 3. The third kappa shape index (κ3) is 2.96. The molecule has 0 aliphatic rings. The first-order valence-corrected chi connectivity index (χ1v) is 6.08. The number of nitrogens with zero attached hydrogens (tertiary/aromatic N) is 1. The van der Waals surface area contributed by atoms with Gasteiger partial charge in [-0.2, -0.15) is 0 Å². The second kappa shape index (κ2) is 5.18. The number of fused-ring (bicyclic) bond motifs is 1. The molecule has 0 aliphatic heterocycles. The number of ether oxygens (including phenoxy) is 1. The molecule has 0 aromatic heterocycles. The molecule has 0 bridgehead atoms. The summed E-state index contributed by atoms with van der Waals surface area (Å²) in [5.41, 5.74) is 0. The van der Waals surface area contributed by atoms with Crippen molar-refractivity contribution >= 4 is 16.7 Å². The lowest BCUT2D eigenvalue weighted by Gasteiger charge is -2.18. The van der Waals surface area contributed by atoms with Crippen LogP contribution in [0.15, 0.2) is 36.4 Å². The summed E-state index contributed by atoms with van der Waals surface area (Å²) >= 11 is 0. The number of hydrogen-bond donors (Lipinski definition) is 1. The highest BCUT2D eigenvalue weighted by Gasteiger charge is 2.16. The van der Waals surface area contributed by atoms with Gasteiger partial charge in [0.1, 0.15) is 11.5 Å². The van der Waals surface area contributed by atoms with Gasteiger partial charge in [0, 0.05) is 14.1 Å². The first kappa shape index (κ1) is 13.2. The fourth-order valence-corrected chi connectivity index (χ4v) is 1.90. The first-order chi connectivity index (χ1) is 8.97. The van der Waals surface area contributed by atoms with Crippen molar-refractivity contribution in [2.75, 3.05) is 14.1 Å². The van der Waals surface area contributed by atoms with Crippen molar-refractivity contribution in [3.05, 3.63) is 36.4 Å². The van der Waals surface area contributed by atoms with E-state index in [1.807, 2.05) is 24.3 Å². The molecular weight excluding hydrogens is 242 g/mol. The fraction of sp³-hybridized carbons (Fsp3) is 0.267. The Bertz CT molecular complexity index is 607. The van der Waals surface area contributed by atoms with Crippen LogP contribution in [0, 0.1) is 0 Å². The molecule has 2 rings (SSSR count). The summed E-state index contributed by atoms with van der Waals surface area (Å²) in [7, 11) is 3.39. The lowest BCUT2D eigenvalue weighted by Crippen LogP contribution is -2.35. The van der Waals surface area contributed by atoms with Gasteiger partial charge in [-0.15, -0.1) is 0 Å². The topological polar surface area (TPSA) is 49.8 Å². The van der Waals surface area contributed by atoms with Crippen LogP contribution < -0.4 is 4.74 Å². The minimum atomic E-state index is -0.537. The third-order valence-electron chi connectivity index (χ3n) is 2.90. The zero-order valence-electron chi connectivity index (χ0n) is 11.3. The summed E-state index contributed by atoms with van der Waals surface area (Å²) < 4.78 is 5.61. The SMILES string of the molecule is CC(Oc1ccc2ccc(O)cc2c1)C(=O)N(C)C. The molecule has 100 valence electrons. The quantitative estimate of drug-likeness (QED) is 0.920. The molecule has 0 saturated carbocycles. The van der Waals surface area contributed by atoms with Crippen LogP contribution in [0.2, 0.25) is 0 Å². The summed E-state index contributed by atoms with van der Waals surface area (Å²) in [5, 5.41) is 11.4. The van der Waals surface area contributed by atoms with Crippen LogP contribution in [0.1, 0.15) is 6.92 Å². The fourth-order valence-electron chi connectivity index (χ4n) is 1.90. The average molecular weight is 259 g/mol. The third-order valence-corrected chi connectivity index (χ3v) is 2.90. The standard InChI is InChI=1S/C15H17NO3/c1-10(15(18)16(2)3)19-14-7-5-11-4-6-13(17)8-12(11)9-14/h4-10,17H,1-3H3. The summed E-state index contributed by atoms with van der Waals surface area (Å²) in [4.78, 5) is 13.2. The number of aromatic hydroxyl groups is 1. The average Bonchev–Trinajstić information content (AvgIpc) is 2.37. The van der Waals surface area contributed by atoms with Crippen molar-refractivity contribution < 1.29 is 14.6 Å². The number of carbonyl (C=O) groups is 1. The number of benzene rings is 2. The van der Waals surface area contributed by atoms with Gasteiger partial charge < -0.3 is 14.7 Å². The Kier molecular flexibility index (Phi) is 3.60. The Morgan fingerprint density at radius 2 is 1.84 bits per heavy atom. The molecule has 1 N–H and O–H groups in total. The lowest BCUT2D eigenvalue weighted by atomic mass is 10.1. The number of amides is 1. The van der Waals surface area contributed by atoms with Crippen LogP contribution in [0.25, 0.3) is 10.8 Å². The maximum absolute atomic E-state index is 11.7. The highest BCUT2D eigenvalue weighted by Crippen LogP contribution is 2.25. The number of phenolic OH excluding ortho intramolecular Hbond substituents is 1. The van der Waals surface area contributed by atoms with Crippen LogP contribution in [0.3, 0.4) is 0 Å². The van der Waals surface area contributed by atoms with Crippen molar-refractivity contribution in [2.45, 2.75) is 13.0 Å². The Morgan fingerprint density at radius 1 is 1.16 bits per heavy atom. The molecule has 2 aromatic rings. The van der Waals surface area contributed by atoms with Crippen molar-refractivity contribution in [2.24, 2.45) is 0 Å². The van der Waals surface area contributed by atoms with E-state index in [-0.39, 0.29) is 11.7 Å². The molecule has 1 atom stereocenters. The van der Waals surface area contributed by atoms with E-state index in [4.69, 9.17) is 4.74 Å². The van der Waals surface area contributed by atoms with E-state index in [9.17, 15) is 9.90 Å². The smallest absolute Gasteiger partial charge is 0.262 e. The Hall–Kier alpha value is -2.23. The largest absolute Gasteiger partial charge is 0.508 e. The summed E-state index contributed by atoms with van der Waals surface area (Å²) in [6.45, 7) is 1.72. The molecule has 1 unspecified atom stereocenters. The Balaban J connectivity index is 2.24. The van der Waals surface area contributed by atoms with Crippen LogP contribution in [0.4, 0.5) is 0 Å². The van der Waals surface area contributed by atoms with E-state index in [0.717, 1.165) is 10.8 Å². The van der Waals surface area contributed by atoms with Gasteiger partial charge in [-0.05, 0) is 42.0 Å². The molecule has 0 fully saturated rings. The van der Waals surface area contributed by atoms with Gasteiger partial charge in [0.25, 0.3) is 5.91 Å². The molecule has 0 spiro atoms. The van der Waals surface area contributed by atoms with E-state index in [1.54, 1.807) is 33.2 Å². The molecule has 4 nitrogen and oxygen atoms in total. The molecule has 1 amide bonds. The Morgan fingerprint density at radius 3 is 2.53 bits per heavy atom. The summed E-state index contributed by atoms with van der Waals surface area (Å²) in [5.74, 6) is 0.735. The summed E-state index contributed by atoms with van der Waals surface area (Å²) in [6.07, 6.45) is -0.537. The number of carbonyl (C=O) groups excluding carboxylic acids is 1. The number of phenols is 1. The second-order valence-electron chi connectivity index (χ2n) is 4.69. The zero-order valence-corrected chi connectivity index (χ0v) is 11.3. The molecular formula is C15H17NO3. The highest BCUT2D eigenvalue weighted by atomic mass is 16.5. The van der Waals surface area contributed by atoms with Crippen LogP contribution in [-0.2, 0) is 4.79 Å². The van der Waals surface area contributed by atoms with Gasteiger partial charge in [0.05, 0.1) is 0 Å². The lowest BCUT2D eigenvalue weighted by molar-refractivity contribution is -0.135. The van der Waals surface area contributed by atoms with Gasteiger partial charge >= 0.3 is 0 Å². The normalized spacial score (nSPS) is 12.2. The Labute approximate surface area is 112 Å². The van der Waals surface area contributed by atoms with Gasteiger partial charge in [0.2, 0.25) is 0 Å². The number of likely N-dealkylation sites (N-methyl/N-ethyl adjacent to an activating group) is 1. The van der Waals surface area contributed by atoms with Crippen molar-refractivity contribution in [3.63, 3.8) is 0 Å². The van der Waals surface area contributed by atoms with E-state index in [1.165, 1.54) is 4.90 Å². The molecule has 0 saturated heterocycles. The first-order valence-electron chi connectivity index (χ1n) is 6.08. The van der Waals surface area contributed by atoms with Gasteiger partial charge in [-0.1, -0.05) is 12.1 Å². The molecule has 0 aliphatic carbocycles. The van der Waals surface area contributed by atoms with E-state index in [0.29, 0.717) is 5.75 Å². The summed E-state index contributed by atoms with van der Waals surface area (Å²) in [6, 6.07) is 10.7. The molecule has 0 heterocycles. The maximum atomic E-state index is 11.7. The highest BCUT2D eigenvalue weighted by molar-refractivity contribution is 5.85. The van der Waals surface area contributed by atoms with Crippen molar-refractivity contribution in [3.8, 4) is 11.5 Å².